The number of hydrogen-bond acceptors (Lipinski definition) is 0. The van der Waals surface area contributed by atoms with E-state index >= 15 is 0 Å². The van der Waals surface area contributed by atoms with Gasteiger partial charge in [0.05, 0.1) is 0 Å². The summed E-state index contributed by atoms with van der Waals surface area (Å²) in [6.07, 6.45) is 0. The summed E-state index contributed by atoms with van der Waals surface area (Å²) in [7, 11) is 10.5. The Morgan fingerprint density at radius 2 is 0.500 bits per heavy atom. The molecule has 0 bridgehead atoms. The third-order valence-corrected chi connectivity index (χ3v) is 0. The van der Waals surface area contributed by atoms with Crippen LogP contribution in [0.1, 0.15) is 0 Å². The quantitative estimate of drug-likeness (QED) is 0.520. The molecule has 0 unspecified atom stereocenters. The molecule has 0 aromatic carbocycles. The van der Waals surface area contributed by atoms with Gasteiger partial charge in [-0.2, -0.15) is 42.3 Å². The molecule has 0 rings (SSSR count). The third kappa shape index (κ3) is 2880. The van der Waals surface area contributed by atoms with Crippen molar-refractivity contribution in [2.45, 2.75) is 0 Å². The number of rotatable bonds is 0. The average molecular weight is 188 g/mol. The Morgan fingerprint density at radius 3 is 0.500 bits per heavy atom. The zero-order chi connectivity index (χ0) is 8.12. The predicted molar refractivity (Wildman–Crippen MR) is 45.6 cm³/mol. The molecule has 1 radical (unpaired) electrons. The van der Waals surface area contributed by atoms with Crippen molar-refractivity contribution >= 4 is 0 Å². The van der Waals surface area contributed by atoms with E-state index in [-0.39, 0.29) is 17.1 Å². The summed E-state index contributed by atoms with van der Waals surface area (Å²) < 4.78 is 0. The maximum Gasteiger partial charge on any atom is 3.00 e. The van der Waals surface area contributed by atoms with Crippen LogP contribution >= 0.6 is 0 Å². The maximum atomic E-state index is 3.50. The molecule has 0 fully saturated rings. The van der Waals surface area contributed by atoms with Crippen LogP contribution in [-0.4, -0.2) is 42.3 Å². The molecule has 0 aliphatic carbocycles. The first-order valence-corrected chi connectivity index (χ1v) is 2.68. The van der Waals surface area contributed by atoms with Crippen molar-refractivity contribution in [2.75, 3.05) is 42.3 Å². The SMILES string of the molecule is C[N-]C.C[N-]C.C[N-]C.[Fe+3]. The summed E-state index contributed by atoms with van der Waals surface area (Å²) in [5.74, 6) is 0. The smallest absolute Gasteiger partial charge is 0.668 e. The molecule has 0 saturated carbocycles. The van der Waals surface area contributed by atoms with Crippen molar-refractivity contribution in [3.8, 4) is 0 Å². The Labute approximate surface area is 75.8 Å². The Morgan fingerprint density at radius 1 is 0.500 bits per heavy atom. The molecule has 0 aromatic rings. The minimum atomic E-state index is 0. The fraction of sp³-hybridized carbons (Fsp3) is 1.00. The van der Waals surface area contributed by atoms with Gasteiger partial charge in [-0.25, -0.2) is 0 Å². The molecule has 0 saturated heterocycles. The predicted octanol–water partition coefficient (Wildman–Crippen LogP) is 1.86. The van der Waals surface area contributed by atoms with Gasteiger partial charge in [0.15, 0.2) is 0 Å². The van der Waals surface area contributed by atoms with E-state index in [0.717, 1.165) is 0 Å². The molecule has 0 heterocycles. The van der Waals surface area contributed by atoms with Crippen LogP contribution in [0.15, 0.2) is 0 Å². The summed E-state index contributed by atoms with van der Waals surface area (Å²) in [5, 5.41) is 10.5. The second-order valence-corrected chi connectivity index (χ2v) is 1.34. The van der Waals surface area contributed by atoms with Gasteiger partial charge in [-0.05, 0) is 0 Å². The van der Waals surface area contributed by atoms with Crippen molar-refractivity contribution in [3.05, 3.63) is 16.0 Å². The zero-order valence-corrected chi connectivity index (χ0v) is 8.80. The molecular weight excluding hydrogens is 170 g/mol. The van der Waals surface area contributed by atoms with Crippen LogP contribution < -0.4 is 0 Å². The van der Waals surface area contributed by atoms with Gasteiger partial charge in [0.2, 0.25) is 0 Å². The van der Waals surface area contributed by atoms with Crippen LogP contribution in [0.25, 0.3) is 16.0 Å². The second kappa shape index (κ2) is 57.4. The van der Waals surface area contributed by atoms with E-state index < -0.39 is 0 Å². The molecule has 0 aromatic heterocycles. The van der Waals surface area contributed by atoms with Crippen LogP contribution in [0.5, 0.6) is 0 Å². The van der Waals surface area contributed by atoms with Crippen LogP contribution in [0.3, 0.4) is 0 Å². The zero-order valence-electron chi connectivity index (χ0n) is 7.70. The Bertz CT molecular complexity index is 17.7. The summed E-state index contributed by atoms with van der Waals surface area (Å²) in [6, 6.07) is 0. The van der Waals surface area contributed by atoms with E-state index in [9.17, 15) is 0 Å². The fourth-order valence-corrected chi connectivity index (χ4v) is 0. The van der Waals surface area contributed by atoms with Gasteiger partial charge in [-0.1, -0.05) is 0 Å². The van der Waals surface area contributed by atoms with Crippen molar-refractivity contribution in [3.63, 3.8) is 0 Å². The standard InChI is InChI=1S/3C2H6N.Fe/c3*1-3-2;/h3*1-2H3;/q3*-1;+3. The maximum absolute atomic E-state index is 3.50. The molecular formula is C6H18FeN3. The molecule has 0 aliphatic rings. The van der Waals surface area contributed by atoms with Crippen LogP contribution in [0, 0.1) is 0 Å². The van der Waals surface area contributed by atoms with Gasteiger partial charge in [0.1, 0.15) is 0 Å². The van der Waals surface area contributed by atoms with E-state index in [1.807, 2.05) is 0 Å². The Hall–Kier alpha value is 0.399. The molecule has 10 heavy (non-hydrogen) atoms. The third-order valence-electron chi connectivity index (χ3n) is 0. The first-order chi connectivity index (χ1) is 4.24. The minimum absolute atomic E-state index is 0. The monoisotopic (exact) mass is 188 g/mol. The van der Waals surface area contributed by atoms with Crippen molar-refractivity contribution in [1.29, 1.82) is 0 Å². The van der Waals surface area contributed by atoms with Crippen molar-refractivity contribution in [1.82, 2.24) is 0 Å². The summed E-state index contributed by atoms with van der Waals surface area (Å²) >= 11 is 0. The van der Waals surface area contributed by atoms with Gasteiger partial charge in [0.25, 0.3) is 0 Å². The van der Waals surface area contributed by atoms with Crippen molar-refractivity contribution < 1.29 is 17.1 Å². The molecule has 3 nitrogen and oxygen atoms in total. The first kappa shape index (κ1) is 22.4. The Balaban J connectivity index is -0.0000000257. The topological polar surface area (TPSA) is 42.3 Å². The molecule has 0 spiro atoms. The minimum Gasteiger partial charge on any atom is -0.668 e. The number of hydrogen-bond donors (Lipinski definition) is 0. The van der Waals surface area contributed by atoms with Gasteiger partial charge in [-0.15, -0.1) is 0 Å². The van der Waals surface area contributed by atoms with E-state index in [2.05, 4.69) is 16.0 Å². The van der Waals surface area contributed by atoms with Crippen LogP contribution in [0.4, 0.5) is 0 Å². The molecule has 4 heteroatoms. The van der Waals surface area contributed by atoms with Gasteiger partial charge in [-0.3, -0.25) is 0 Å². The number of nitrogens with zero attached hydrogens (tertiary/aromatic N) is 3. The first-order valence-electron chi connectivity index (χ1n) is 2.68. The van der Waals surface area contributed by atoms with E-state index in [1.165, 1.54) is 0 Å². The fourth-order valence-electron chi connectivity index (χ4n) is 0. The molecule has 0 amide bonds. The van der Waals surface area contributed by atoms with Gasteiger partial charge >= 0.3 is 17.1 Å². The average Bonchev–Trinajstić information content (AvgIpc) is 1.70. The van der Waals surface area contributed by atoms with E-state index in [1.54, 1.807) is 42.3 Å². The van der Waals surface area contributed by atoms with E-state index in [0.29, 0.717) is 0 Å². The molecule has 0 N–H and O–H groups in total. The largest absolute Gasteiger partial charge is 3.00 e. The van der Waals surface area contributed by atoms with E-state index in [4.69, 9.17) is 0 Å². The summed E-state index contributed by atoms with van der Waals surface area (Å²) in [5.41, 5.74) is 0. The van der Waals surface area contributed by atoms with Crippen molar-refractivity contribution in [2.24, 2.45) is 0 Å². The summed E-state index contributed by atoms with van der Waals surface area (Å²) in [6.45, 7) is 0. The normalized spacial score (nSPS) is 5.40. The van der Waals surface area contributed by atoms with Crippen LogP contribution in [0.2, 0.25) is 0 Å². The van der Waals surface area contributed by atoms with Crippen LogP contribution in [-0.2, 0) is 17.1 Å². The Kier molecular flexibility index (Phi) is 129. The summed E-state index contributed by atoms with van der Waals surface area (Å²) in [4.78, 5) is 0. The molecule has 65 valence electrons. The molecule has 0 atom stereocenters. The second-order valence-electron chi connectivity index (χ2n) is 1.34. The molecule has 0 aliphatic heterocycles. The van der Waals surface area contributed by atoms with Gasteiger partial charge < -0.3 is 16.0 Å². The van der Waals surface area contributed by atoms with Gasteiger partial charge in [0, 0.05) is 0 Å².